The lowest BCUT2D eigenvalue weighted by molar-refractivity contribution is 0.403. The van der Waals surface area contributed by atoms with Crippen LogP contribution < -0.4 is 15.0 Å². The van der Waals surface area contributed by atoms with E-state index in [1.807, 2.05) is 29.2 Å². The molecule has 1 atom stereocenters. The number of hydrogen-bond acceptors (Lipinski definition) is 5. The van der Waals surface area contributed by atoms with E-state index < -0.39 is 0 Å². The summed E-state index contributed by atoms with van der Waals surface area (Å²) in [6, 6.07) is 22.2. The van der Waals surface area contributed by atoms with Gasteiger partial charge in [0.25, 0.3) is 5.89 Å². The molecule has 0 saturated carbocycles. The van der Waals surface area contributed by atoms with E-state index in [9.17, 15) is 0 Å². The van der Waals surface area contributed by atoms with E-state index in [0.717, 1.165) is 33.8 Å². The SMILES string of the molecule is COc1cccc(-c2noc(C3=C(C)N(c4cc(C)cc(C)c4)C(=S)NC3c3ccc(C)cc3)n2)c1. The highest BCUT2D eigenvalue weighted by molar-refractivity contribution is 7.80. The monoisotopic (exact) mass is 496 g/mol. The quantitative estimate of drug-likeness (QED) is 0.315. The van der Waals surface area contributed by atoms with Crippen LogP contribution in [-0.4, -0.2) is 22.4 Å². The predicted molar refractivity (Wildman–Crippen MR) is 147 cm³/mol. The Labute approximate surface area is 216 Å². The third-order valence-corrected chi connectivity index (χ3v) is 6.64. The minimum Gasteiger partial charge on any atom is -0.497 e. The normalized spacial score (nSPS) is 15.8. The van der Waals surface area contributed by atoms with Crippen LogP contribution >= 0.6 is 12.2 Å². The minimum absolute atomic E-state index is 0.237. The van der Waals surface area contributed by atoms with E-state index in [0.29, 0.717) is 16.8 Å². The second kappa shape index (κ2) is 9.59. The van der Waals surface area contributed by atoms with Crippen molar-refractivity contribution in [1.82, 2.24) is 15.5 Å². The molecule has 2 heterocycles. The van der Waals surface area contributed by atoms with Gasteiger partial charge in [-0.2, -0.15) is 4.98 Å². The van der Waals surface area contributed by atoms with Gasteiger partial charge in [0.1, 0.15) is 5.75 Å². The summed E-state index contributed by atoms with van der Waals surface area (Å²) < 4.78 is 11.2. The number of nitrogens with zero attached hydrogens (tertiary/aromatic N) is 3. The first-order valence-electron chi connectivity index (χ1n) is 11.8. The topological polar surface area (TPSA) is 63.4 Å². The Kier molecular flexibility index (Phi) is 6.33. The Morgan fingerprint density at radius 3 is 2.33 bits per heavy atom. The Hall–Kier alpha value is -3.97. The molecule has 1 aliphatic heterocycles. The van der Waals surface area contributed by atoms with E-state index in [-0.39, 0.29) is 6.04 Å². The van der Waals surface area contributed by atoms with Crippen LogP contribution in [0.4, 0.5) is 5.69 Å². The molecule has 1 aromatic heterocycles. The highest BCUT2D eigenvalue weighted by Crippen LogP contribution is 2.39. The summed E-state index contributed by atoms with van der Waals surface area (Å²) in [5, 5.41) is 8.47. The minimum atomic E-state index is -0.237. The molecule has 0 saturated heterocycles. The molecule has 5 rings (SSSR count). The molecule has 1 aliphatic rings. The zero-order valence-electron chi connectivity index (χ0n) is 21.0. The van der Waals surface area contributed by atoms with Crippen LogP contribution in [0.3, 0.4) is 0 Å². The summed E-state index contributed by atoms with van der Waals surface area (Å²) in [7, 11) is 1.64. The summed E-state index contributed by atoms with van der Waals surface area (Å²) >= 11 is 5.89. The number of thiocarbonyl (C=S) groups is 1. The van der Waals surface area contributed by atoms with E-state index in [1.54, 1.807) is 7.11 Å². The number of rotatable bonds is 5. The Morgan fingerprint density at radius 2 is 1.64 bits per heavy atom. The van der Waals surface area contributed by atoms with E-state index in [1.165, 1.54) is 16.7 Å². The van der Waals surface area contributed by atoms with Gasteiger partial charge in [-0.1, -0.05) is 53.2 Å². The Bertz CT molecular complexity index is 1450. The van der Waals surface area contributed by atoms with E-state index >= 15 is 0 Å². The van der Waals surface area contributed by atoms with Crippen molar-refractivity contribution in [2.45, 2.75) is 33.7 Å². The smallest absolute Gasteiger partial charge is 0.258 e. The molecule has 6 nitrogen and oxygen atoms in total. The number of ether oxygens (including phenoxy) is 1. The van der Waals surface area contributed by atoms with Gasteiger partial charge in [0.05, 0.1) is 18.7 Å². The van der Waals surface area contributed by atoms with Crippen LogP contribution in [0.25, 0.3) is 17.0 Å². The number of benzene rings is 3. The zero-order chi connectivity index (χ0) is 25.4. The third-order valence-electron chi connectivity index (χ3n) is 6.34. The summed E-state index contributed by atoms with van der Waals surface area (Å²) in [4.78, 5) is 6.86. The molecule has 0 aliphatic carbocycles. The van der Waals surface area contributed by atoms with Crippen LogP contribution in [0, 0.1) is 20.8 Å². The van der Waals surface area contributed by atoms with Crippen LogP contribution in [0.2, 0.25) is 0 Å². The summed E-state index contributed by atoms with van der Waals surface area (Å²) in [5.74, 6) is 1.68. The average molecular weight is 497 g/mol. The highest BCUT2D eigenvalue weighted by Gasteiger charge is 2.35. The van der Waals surface area contributed by atoms with Gasteiger partial charge in [-0.15, -0.1) is 0 Å². The maximum Gasteiger partial charge on any atom is 0.258 e. The maximum absolute atomic E-state index is 5.89. The Balaban J connectivity index is 1.66. The first kappa shape index (κ1) is 23.8. The lowest BCUT2D eigenvalue weighted by Crippen LogP contribution is -2.46. The molecule has 0 radical (unpaired) electrons. The second-order valence-corrected chi connectivity index (χ2v) is 9.52. The number of methoxy groups -OCH3 is 1. The summed E-state index contributed by atoms with van der Waals surface area (Å²) in [5.41, 5.74) is 8.23. The van der Waals surface area contributed by atoms with Crippen molar-refractivity contribution in [3.05, 3.63) is 101 Å². The fourth-order valence-corrected chi connectivity index (χ4v) is 4.99. The number of aromatic nitrogens is 2. The van der Waals surface area contributed by atoms with Crippen molar-refractivity contribution in [3.8, 4) is 17.1 Å². The Morgan fingerprint density at radius 1 is 0.917 bits per heavy atom. The van der Waals surface area contributed by atoms with Gasteiger partial charge in [-0.25, -0.2) is 0 Å². The molecule has 1 unspecified atom stereocenters. The van der Waals surface area contributed by atoms with Crippen molar-refractivity contribution in [2.24, 2.45) is 0 Å². The predicted octanol–water partition coefficient (Wildman–Crippen LogP) is 6.54. The first-order chi connectivity index (χ1) is 17.3. The molecule has 0 fully saturated rings. The molecule has 4 aromatic rings. The average Bonchev–Trinajstić information content (AvgIpc) is 3.33. The van der Waals surface area contributed by atoms with E-state index in [2.05, 4.69) is 80.6 Å². The van der Waals surface area contributed by atoms with Crippen LogP contribution in [0.1, 0.15) is 41.1 Å². The van der Waals surface area contributed by atoms with Gasteiger partial charge >= 0.3 is 0 Å². The molecule has 182 valence electrons. The van der Waals surface area contributed by atoms with Gasteiger partial charge in [0.2, 0.25) is 5.82 Å². The highest BCUT2D eigenvalue weighted by atomic mass is 32.1. The van der Waals surface area contributed by atoms with Crippen molar-refractivity contribution < 1.29 is 9.26 Å². The van der Waals surface area contributed by atoms with Crippen LogP contribution in [-0.2, 0) is 0 Å². The first-order valence-corrected chi connectivity index (χ1v) is 12.2. The molecule has 0 spiro atoms. The van der Waals surface area contributed by atoms with Gasteiger partial charge < -0.3 is 14.6 Å². The molecule has 36 heavy (non-hydrogen) atoms. The number of allylic oxidation sites excluding steroid dienone is 1. The van der Waals surface area contributed by atoms with Crippen molar-refractivity contribution in [2.75, 3.05) is 12.0 Å². The van der Waals surface area contributed by atoms with Crippen molar-refractivity contribution in [3.63, 3.8) is 0 Å². The third kappa shape index (κ3) is 4.50. The molecule has 3 aromatic carbocycles. The molecular weight excluding hydrogens is 468 g/mol. The fraction of sp³-hybridized carbons (Fsp3) is 0.207. The van der Waals surface area contributed by atoms with Crippen LogP contribution in [0.15, 0.2) is 77.0 Å². The summed E-state index contributed by atoms with van der Waals surface area (Å²) in [6.45, 7) is 8.30. The number of hydrogen-bond donors (Lipinski definition) is 1. The largest absolute Gasteiger partial charge is 0.497 e. The van der Waals surface area contributed by atoms with Gasteiger partial charge in [0, 0.05) is 16.9 Å². The van der Waals surface area contributed by atoms with Gasteiger partial charge in [0.15, 0.2) is 5.11 Å². The van der Waals surface area contributed by atoms with Crippen molar-refractivity contribution in [1.29, 1.82) is 0 Å². The molecular formula is C29H28N4O2S. The number of nitrogens with one attached hydrogen (secondary N) is 1. The second-order valence-electron chi connectivity index (χ2n) is 9.13. The standard InChI is InChI=1S/C29H28N4O2S/c1-17-9-11-21(12-10-17)26-25(28-31-27(32-35-28)22-7-6-8-24(16-22)34-5)20(4)33(29(36)30-26)23-14-18(2)13-19(3)15-23/h6-16,26H,1-5H3,(H,30,36). The molecule has 0 amide bonds. The van der Waals surface area contributed by atoms with E-state index in [4.69, 9.17) is 26.5 Å². The van der Waals surface area contributed by atoms with Gasteiger partial charge in [-0.3, -0.25) is 4.90 Å². The van der Waals surface area contributed by atoms with Crippen LogP contribution in [0.5, 0.6) is 5.75 Å². The van der Waals surface area contributed by atoms with Gasteiger partial charge in [-0.05, 0) is 80.9 Å². The molecule has 7 heteroatoms. The molecule has 0 bridgehead atoms. The summed E-state index contributed by atoms with van der Waals surface area (Å²) in [6.07, 6.45) is 0. The fourth-order valence-electron chi connectivity index (χ4n) is 4.63. The maximum atomic E-state index is 5.89. The zero-order valence-corrected chi connectivity index (χ0v) is 21.8. The molecule has 1 N–H and O–H groups in total. The van der Waals surface area contributed by atoms with Crippen molar-refractivity contribution >= 4 is 28.6 Å². The lowest BCUT2D eigenvalue weighted by Gasteiger charge is -2.37. The number of anilines is 1. The number of aryl methyl sites for hydroxylation is 3. The lowest BCUT2D eigenvalue weighted by atomic mass is 9.94.